The fourth-order valence-electron chi connectivity index (χ4n) is 3.00. The Kier molecular flexibility index (Phi) is 3.94. The third-order valence-corrected chi connectivity index (χ3v) is 4.22. The molecule has 0 fully saturated rings. The second-order valence-electron chi connectivity index (χ2n) is 5.89. The number of allylic oxidation sites excluding steroid dienone is 1. The highest BCUT2D eigenvalue weighted by molar-refractivity contribution is 5.77. The van der Waals surface area contributed by atoms with Crippen molar-refractivity contribution in [3.05, 3.63) is 83.2 Å². The van der Waals surface area contributed by atoms with Crippen LogP contribution in [0.15, 0.2) is 54.9 Å². The van der Waals surface area contributed by atoms with Crippen LogP contribution in [0, 0.1) is 11.6 Å². The third-order valence-electron chi connectivity index (χ3n) is 4.22. The lowest BCUT2D eigenvalue weighted by Crippen LogP contribution is -2.23. The van der Waals surface area contributed by atoms with Gasteiger partial charge in [0.05, 0.1) is 5.56 Å². The van der Waals surface area contributed by atoms with E-state index in [0.29, 0.717) is 5.70 Å². The summed E-state index contributed by atoms with van der Waals surface area (Å²) < 4.78 is 68.5. The number of hydrogen-bond donors (Lipinski definition) is 1. The van der Waals surface area contributed by atoms with Crippen molar-refractivity contribution >= 4 is 11.6 Å². The lowest BCUT2D eigenvalue weighted by atomic mass is 9.97. The molecule has 3 aromatic rings. The Morgan fingerprint density at radius 2 is 1.78 bits per heavy atom. The molecule has 1 aliphatic rings. The minimum Gasteiger partial charge on any atom is -0.324 e. The summed E-state index contributed by atoms with van der Waals surface area (Å²) in [4.78, 5) is 3.99. The highest BCUT2D eigenvalue weighted by Crippen LogP contribution is 2.39. The van der Waals surface area contributed by atoms with Crippen LogP contribution in [0.1, 0.15) is 22.7 Å². The number of rotatable bonds is 2. The molecule has 1 atom stereocenters. The van der Waals surface area contributed by atoms with Crippen LogP contribution >= 0.6 is 0 Å². The number of fused-ring (bicyclic) bond motifs is 1. The molecule has 4 nitrogen and oxygen atoms in total. The van der Waals surface area contributed by atoms with Crippen LogP contribution in [0.25, 0.3) is 5.70 Å². The van der Waals surface area contributed by atoms with Gasteiger partial charge in [-0.15, -0.1) is 0 Å². The van der Waals surface area contributed by atoms with E-state index in [4.69, 9.17) is 0 Å². The van der Waals surface area contributed by atoms with Gasteiger partial charge in [-0.3, -0.25) is 0 Å². The molecule has 1 N–H and O–H groups in total. The maximum absolute atomic E-state index is 13.6. The average molecular weight is 378 g/mol. The van der Waals surface area contributed by atoms with Gasteiger partial charge in [0.1, 0.15) is 12.4 Å². The molecule has 138 valence electrons. The summed E-state index contributed by atoms with van der Waals surface area (Å²) in [5, 5.41) is 6.87. The van der Waals surface area contributed by atoms with E-state index in [2.05, 4.69) is 15.4 Å². The van der Waals surface area contributed by atoms with E-state index in [1.165, 1.54) is 41.4 Å². The number of hydrogen-bond acceptors (Lipinski definition) is 3. The quantitative estimate of drug-likeness (QED) is 0.661. The van der Waals surface area contributed by atoms with Gasteiger partial charge in [-0.1, -0.05) is 18.2 Å². The average Bonchev–Trinajstić information content (AvgIpc) is 3.11. The Hall–Kier alpha value is -3.23. The second kappa shape index (κ2) is 6.19. The summed E-state index contributed by atoms with van der Waals surface area (Å²) in [7, 11) is 0. The van der Waals surface area contributed by atoms with E-state index >= 15 is 0 Å². The van der Waals surface area contributed by atoms with Crippen molar-refractivity contribution in [3.8, 4) is 0 Å². The third kappa shape index (κ3) is 3.05. The van der Waals surface area contributed by atoms with Gasteiger partial charge in [0.15, 0.2) is 11.6 Å². The monoisotopic (exact) mass is 378 g/mol. The molecule has 0 bridgehead atoms. The minimum atomic E-state index is -4.56. The molecule has 4 rings (SSSR count). The molecule has 0 saturated carbocycles. The Balaban J connectivity index is 1.87. The first-order valence-electron chi connectivity index (χ1n) is 7.84. The minimum absolute atomic E-state index is 0.0293. The van der Waals surface area contributed by atoms with Gasteiger partial charge in [-0.05, 0) is 35.9 Å². The number of nitrogens with zero attached hydrogens (tertiary/aromatic N) is 3. The molecule has 0 amide bonds. The van der Waals surface area contributed by atoms with Gasteiger partial charge in [0, 0.05) is 11.3 Å². The Morgan fingerprint density at radius 1 is 1.00 bits per heavy atom. The first-order valence-corrected chi connectivity index (χ1v) is 7.84. The van der Waals surface area contributed by atoms with Crippen LogP contribution in [-0.2, 0) is 6.18 Å². The van der Waals surface area contributed by atoms with Crippen molar-refractivity contribution in [1.82, 2.24) is 14.8 Å². The van der Waals surface area contributed by atoms with Gasteiger partial charge in [-0.2, -0.15) is 23.3 Å². The van der Waals surface area contributed by atoms with Crippen molar-refractivity contribution in [3.63, 3.8) is 0 Å². The summed E-state index contributed by atoms with van der Waals surface area (Å²) in [6.45, 7) is 0. The molecule has 27 heavy (non-hydrogen) atoms. The predicted molar refractivity (Wildman–Crippen MR) is 87.6 cm³/mol. The van der Waals surface area contributed by atoms with E-state index < -0.39 is 29.4 Å². The fourth-order valence-corrected chi connectivity index (χ4v) is 3.00. The van der Waals surface area contributed by atoms with Crippen LogP contribution in [0.4, 0.5) is 27.9 Å². The SMILES string of the molecule is Fc1ccc(C2=CC(c3ccccc3C(F)(F)F)n3ncnc3N2)cc1F. The number of nitrogens with one attached hydrogen (secondary N) is 1. The normalized spacial score (nSPS) is 16.5. The van der Waals surface area contributed by atoms with Gasteiger partial charge < -0.3 is 5.32 Å². The summed E-state index contributed by atoms with van der Waals surface area (Å²) in [6.07, 6.45) is -1.88. The predicted octanol–water partition coefficient (Wildman–Crippen LogP) is 4.63. The van der Waals surface area contributed by atoms with Crippen LogP contribution in [-0.4, -0.2) is 14.8 Å². The Morgan fingerprint density at radius 3 is 2.52 bits per heavy atom. The first-order chi connectivity index (χ1) is 12.8. The van der Waals surface area contributed by atoms with E-state index in [1.807, 2.05) is 0 Å². The first kappa shape index (κ1) is 17.2. The van der Waals surface area contributed by atoms with E-state index in [1.54, 1.807) is 0 Å². The van der Waals surface area contributed by atoms with E-state index in [-0.39, 0.29) is 17.1 Å². The molecular weight excluding hydrogens is 367 g/mol. The smallest absolute Gasteiger partial charge is 0.324 e. The zero-order chi connectivity index (χ0) is 19.2. The molecule has 0 saturated heterocycles. The van der Waals surface area contributed by atoms with Gasteiger partial charge in [0.25, 0.3) is 0 Å². The Labute approximate surface area is 150 Å². The summed E-state index contributed by atoms with van der Waals surface area (Å²) >= 11 is 0. The maximum atomic E-state index is 13.6. The summed E-state index contributed by atoms with van der Waals surface area (Å²) in [5.41, 5.74) is -0.258. The van der Waals surface area contributed by atoms with Crippen LogP contribution in [0.2, 0.25) is 0 Å². The van der Waals surface area contributed by atoms with Crippen LogP contribution in [0.5, 0.6) is 0 Å². The highest BCUT2D eigenvalue weighted by Gasteiger charge is 2.36. The highest BCUT2D eigenvalue weighted by atomic mass is 19.4. The molecule has 2 heterocycles. The van der Waals surface area contributed by atoms with Gasteiger partial charge in [0.2, 0.25) is 5.95 Å². The lowest BCUT2D eigenvalue weighted by molar-refractivity contribution is -0.138. The Bertz CT molecular complexity index is 1040. The zero-order valence-corrected chi connectivity index (χ0v) is 13.5. The molecule has 0 aliphatic carbocycles. The number of alkyl halides is 3. The number of anilines is 1. The van der Waals surface area contributed by atoms with Crippen LogP contribution < -0.4 is 5.32 Å². The molecular formula is C18H11F5N4. The number of halogens is 5. The molecule has 0 spiro atoms. The second-order valence-corrected chi connectivity index (χ2v) is 5.89. The largest absolute Gasteiger partial charge is 0.416 e. The van der Waals surface area contributed by atoms with Crippen molar-refractivity contribution in [1.29, 1.82) is 0 Å². The molecule has 1 aliphatic heterocycles. The van der Waals surface area contributed by atoms with Gasteiger partial charge in [-0.25, -0.2) is 13.5 Å². The fraction of sp³-hybridized carbons (Fsp3) is 0.111. The van der Waals surface area contributed by atoms with E-state index in [0.717, 1.165) is 18.2 Å². The van der Waals surface area contributed by atoms with Crippen molar-refractivity contribution in [2.75, 3.05) is 5.32 Å². The number of benzene rings is 2. The van der Waals surface area contributed by atoms with Crippen LogP contribution in [0.3, 0.4) is 0 Å². The van der Waals surface area contributed by atoms with Crippen molar-refractivity contribution in [2.24, 2.45) is 0 Å². The molecule has 0 radical (unpaired) electrons. The van der Waals surface area contributed by atoms with Crippen molar-refractivity contribution in [2.45, 2.75) is 12.2 Å². The van der Waals surface area contributed by atoms with E-state index in [9.17, 15) is 22.0 Å². The molecule has 9 heteroatoms. The van der Waals surface area contributed by atoms with Crippen molar-refractivity contribution < 1.29 is 22.0 Å². The van der Waals surface area contributed by atoms with Gasteiger partial charge >= 0.3 is 6.18 Å². The summed E-state index contributed by atoms with van der Waals surface area (Å²) in [6, 6.07) is 7.45. The molecule has 1 unspecified atom stereocenters. The zero-order valence-electron chi connectivity index (χ0n) is 13.5. The topological polar surface area (TPSA) is 42.7 Å². The summed E-state index contributed by atoms with van der Waals surface area (Å²) in [5.74, 6) is -1.88. The molecule has 2 aromatic carbocycles. The lowest BCUT2D eigenvalue weighted by Gasteiger charge is -2.26. The number of aromatic nitrogens is 3. The maximum Gasteiger partial charge on any atom is 0.416 e. The standard InChI is InChI=1S/C18H11F5N4/c19-13-6-5-10(7-14(13)20)15-8-16(27-17(26-15)24-9-25-27)11-3-1-2-4-12(11)18(21,22)23/h1-9,16H,(H,24,25,26). The molecule has 1 aromatic heterocycles.